The maximum atomic E-state index is 12.1. The first-order valence-electron chi connectivity index (χ1n) is 6.23. The molecule has 1 amide bonds. The Labute approximate surface area is 139 Å². The molecule has 0 atom stereocenters. The van der Waals surface area contributed by atoms with Gasteiger partial charge in [-0.25, -0.2) is 0 Å². The second-order valence-corrected chi connectivity index (χ2v) is 6.21. The lowest BCUT2D eigenvalue weighted by Crippen LogP contribution is -2.35. The fourth-order valence-electron chi connectivity index (χ4n) is 1.91. The summed E-state index contributed by atoms with van der Waals surface area (Å²) in [5, 5.41) is 4.56. The van der Waals surface area contributed by atoms with Gasteiger partial charge >= 0.3 is 0 Å². The first-order valence-corrected chi connectivity index (χ1v) is 7.97. The molecule has 2 rings (SSSR count). The van der Waals surface area contributed by atoms with Crippen LogP contribution >= 0.6 is 47.4 Å². The molecule has 1 saturated heterocycles. The van der Waals surface area contributed by atoms with E-state index in [1.165, 1.54) is 11.8 Å². The van der Waals surface area contributed by atoms with E-state index in [2.05, 4.69) is 5.32 Å². The Morgan fingerprint density at radius 3 is 2.90 bits per heavy atom. The lowest BCUT2D eigenvalue weighted by atomic mass is 10.4. The average Bonchev–Trinajstić information content (AvgIpc) is 2.68. The number of halogens is 3. The summed E-state index contributed by atoms with van der Waals surface area (Å²) in [5.74, 6) is 0.560. The highest BCUT2D eigenvalue weighted by molar-refractivity contribution is 8.00. The quantitative estimate of drug-likeness (QED) is 0.844. The zero-order valence-electron chi connectivity index (χ0n) is 10.9. The SMILES string of the molecule is Cl.O=C(CSc1cc(Cl)ccc1Cl)N1CCCNCC1. The first kappa shape index (κ1) is 17.9. The van der Waals surface area contributed by atoms with Crippen molar-refractivity contribution in [3.63, 3.8) is 0 Å². The zero-order valence-corrected chi connectivity index (χ0v) is 14.0. The van der Waals surface area contributed by atoms with Crippen LogP contribution in [0.2, 0.25) is 10.0 Å². The van der Waals surface area contributed by atoms with Crippen LogP contribution in [0.5, 0.6) is 0 Å². The van der Waals surface area contributed by atoms with E-state index >= 15 is 0 Å². The zero-order chi connectivity index (χ0) is 13.7. The van der Waals surface area contributed by atoms with Gasteiger partial charge in [0, 0.05) is 29.6 Å². The van der Waals surface area contributed by atoms with Gasteiger partial charge in [0.15, 0.2) is 0 Å². The summed E-state index contributed by atoms with van der Waals surface area (Å²) in [6.45, 7) is 3.46. The molecule has 20 heavy (non-hydrogen) atoms. The monoisotopic (exact) mass is 354 g/mol. The third-order valence-electron chi connectivity index (χ3n) is 2.94. The Bertz CT molecular complexity index is 451. The molecule has 1 fully saturated rings. The molecule has 0 unspecified atom stereocenters. The normalized spacial score (nSPS) is 15.4. The molecule has 0 saturated carbocycles. The highest BCUT2D eigenvalue weighted by atomic mass is 35.5. The fourth-order valence-corrected chi connectivity index (χ4v) is 3.31. The fraction of sp³-hybridized carbons (Fsp3) is 0.462. The molecule has 1 aliphatic rings. The van der Waals surface area contributed by atoms with Gasteiger partial charge in [-0.3, -0.25) is 4.79 Å². The molecule has 1 aromatic rings. The van der Waals surface area contributed by atoms with Crippen molar-refractivity contribution in [2.45, 2.75) is 11.3 Å². The Kier molecular flexibility index (Phi) is 8.07. The van der Waals surface area contributed by atoms with E-state index in [0.29, 0.717) is 15.8 Å². The lowest BCUT2D eigenvalue weighted by Gasteiger charge is -2.19. The third kappa shape index (κ3) is 5.34. The number of nitrogens with one attached hydrogen (secondary N) is 1. The average molecular weight is 356 g/mol. The van der Waals surface area contributed by atoms with Crippen molar-refractivity contribution >= 4 is 53.3 Å². The topological polar surface area (TPSA) is 32.3 Å². The van der Waals surface area contributed by atoms with Crippen LogP contribution in [0.3, 0.4) is 0 Å². The third-order valence-corrected chi connectivity index (χ3v) is 4.65. The van der Waals surface area contributed by atoms with Crippen molar-refractivity contribution in [1.82, 2.24) is 10.2 Å². The molecular weight excluding hydrogens is 339 g/mol. The first-order chi connectivity index (χ1) is 9.16. The standard InChI is InChI=1S/C13H16Cl2N2OS.ClH/c14-10-2-3-11(15)12(8-10)19-9-13(18)17-6-1-4-16-5-7-17;/h2-3,8,16H,1,4-7,9H2;1H. The molecule has 7 heteroatoms. The molecule has 0 bridgehead atoms. The summed E-state index contributed by atoms with van der Waals surface area (Å²) >= 11 is 13.4. The van der Waals surface area contributed by atoms with Crippen LogP contribution < -0.4 is 5.32 Å². The molecule has 1 aliphatic heterocycles. The summed E-state index contributed by atoms with van der Waals surface area (Å²) in [7, 11) is 0. The minimum absolute atomic E-state index is 0. The Morgan fingerprint density at radius 2 is 2.10 bits per heavy atom. The van der Waals surface area contributed by atoms with Crippen molar-refractivity contribution in [3.8, 4) is 0 Å². The lowest BCUT2D eigenvalue weighted by molar-refractivity contribution is -0.128. The molecule has 0 radical (unpaired) electrons. The van der Waals surface area contributed by atoms with E-state index < -0.39 is 0 Å². The molecule has 0 aromatic heterocycles. The number of thioether (sulfide) groups is 1. The van der Waals surface area contributed by atoms with Crippen molar-refractivity contribution in [3.05, 3.63) is 28.2 Å². The minimum atomic E-state index is 0. The number of hydrogen-bond acceptors (Lipinski definition) is 3. The minimum Gasteiger partial charge on any atom is -0.341 e. The summed E-state index contributed by atoms with van der Waals surface area (Å²) in [5.41, 5.74) is 0. The van der Waals surface area contributed by atoms with Gasteiger partial charge in [0.2, 0.25) is 5.91 Å². The van der Waals surface area contributed by atoms with Gasteiger partial charge in [0.25, 0.3) is 0 Å². The van der Waals surface area contributed by atoms with Crippen LogP contribution in [-0.2, 0) is 4.79 Å². The van der Waals surface area contributed by atoms with E-state index in [9.17, 15) is 4.79 Å². The summed E-state index contributed by atoms with van der Waals surface area (Å²) in [6, 6.07) is 5.30. The van der Waals surface area contributed by atoms with Gasteiger partial charge in [-0.1, -0.05) is 23.2 Å². The van der Waals surface area contributed by atoms with Crippen LogP contribution in [0.25, 0.3) is 0 Å². The number of rotatable bonds is 3. The molecule has 3 nitrogen and oxygen atoms in total. The summed E-state index contributed by atoms with van der Waals surface area (Å²) in [4.78, 5) is 14.9. The Hall–Kier alpha value is -0.130. The van der Waals surface area contributed by atoms with Crippen LogP contribution in [0, 0.1) is 0 Å². The smallest absolute Gasteiger partial charge is 0.232 e. The van der Waals surface area contributed by atoms with E-state index in [1.54, 1.807) is 18.2 Å². The predicted octanol–water partition coefficient (Wildman–Crippen LogP) is 3.33. The number of amides is 1. The molecule has 1 aromatic carbocycles. The number of carbonyl (C=O) groups excluding carboxylic acids is 1. The van der Waals surface area contributed by atoms with Crippen LogP contribution in [0.1, 0.15) is 6.42 Å². The van der Waals surface area contributed by atoms with E-state index in [1.807, 2.05) is 4.90 Å². The molecule has 0 aliphatic carbocycles. The summed E-state index contributed by atoms with van der Waals surface area (Å²) in [6.07, 6.45) is 1.01. The van der Waals surface area contributed by atoms with Gasteiger partial charge in [-0.2, -0.15) is 0 Å². The second-order valence-electron chi connectivity index (χ2n) is 4.35. The number of nitrogens with zero attached hydrogens (tertiary/aromatic N) is 1. The molecule has 1 heterocycles. The van der Waals surface area contributed by atoms with Crippen LogP contribution in [0.4, 0.5) is 0 Å². The van der Waals surface area contributed by atoms with E-state index in [0.717, 1.165) is 37.5 Å². The maximum absolute atomic E-state index is 12.1. The number of carbonyl (C=O) groups is 1. The van der Waals surface area contributed by atoms with Crippen molar-refractivity contribution in [2.75, 3.05) is 31.9 Å². The van der Waals surface area contributed by atoms with Gasteiger partial charge in [0.1, 0.15) is 0 Å². The highest BCUT2D eigenvalue weighted by Crippen LogP contribution is 2.29. The van der Waals surface area contributed by atoms with Gasteiger partial charge in [0.05, 0.1) is 10.8 Å². The van der Waals surface area contributed by atoms with Crippen LogP contribution in [0.15, 0.2) is 23.1 Å². The van der Waals surface area contributed by atoms with E-state index in [4.69, 9.17) is 23.2 Å². The number of benzene rings is 1. The number of hydrogen-bond donors (Lipinski definition) is 1. The second kappa shape index (κ2) is 9.00. The van der Waals surface area contributed by atoms with Gasteiger partial charge in [-0.05, 0) is 31.2 Å². The van der Waals surface area contributed by atoms with Gasteiger partial charge < -0.3 is 10.2 Å². The molecule has 0 spiro atoms. The van der Waals surface area contributed by atoms with Crippen molar-refractivity contribution in [2.24, 2.45) is 0 Å². The molecule has 112 valence electrons. The van der Waals surface area contributed by atoms with Gasteiger partial charge in [-0.15, -0.1) is 24.2 Å². The van der Waals surface area contributed by atoms with Crippen LogP contribution in [-0.4, -0.2) is 42.7 Å². The Balaban J connectivity index is 0.00000200. The van der Waals surface area contributed by atoms with Crippen molar-refractivity contribution in [1.29, 1.82) is 0 Å². The van der Waals surface area contributed by atoms with E-state index in [-0.39, 0.29) is 18.3 Å². The molecular formula is C13H17Cl3N2OS. The predicted molar refractivity (Wildman–Crippen MR) is 88.5 cm³/mol. The maximum Gasteiger partial charge on any atom is 0.232 e. The largest absolute Gasteiger partial charge is 0.341 e. The molecule has 1 N–H and O–H groups in total. The summed E-state index contributed by atoms with van der Waals surface area (Å²) < 4.78 is 0. The van der Waals surface area contributed by atoms with Crippen molar-refractivity contribution < 1.29 is 4.79 Å². The highest BCUT2D eigenvalue weighted by Gasteiger charge is 2.15. The Morgan fingerprint density at radius 1 is 1.30 bits per heavy atom.